The summed E-state index contributed by atoms with van der Waals surface area (Å²) in [5, 5.41) is 3.80. The van der Waals surface area contributed by atoms with Crippen LogP contribution in [0.3, 0.4) is 0 Å². The smallest absolute Gasteiger partial charge is 0.340 e. The van der Waals surface area contributed by atoms with Crippen LogP contribution in [0.15, 0.2) is 18.2 Å². The zero-order valence-electron chi connectivity index (χ0n) is 10.7. The van der Waals surface area contributed by atoms with Gasteiger partial charge in [0.1, 0.15) is 0 Å². The van der Waals surface area contributed by atoms with Gasteiger partial charge in [-0.2, -0.15) is 0 Å². The van der Waals surface area contributed by atoms with Crippen LogP contribution in [0.4, 0.5) is 0 Å². The summed E-state index contributed by atoms with van der Waals surface area (Å²) in [4.78, 5) is 15.5. The van der Waals surface area contributed by atoms with E-state index in [0.29, 0.717) is 10.8 Å². The molecule has 1 aromatic carbocycles. The number of amides is 1. The number of benzene rings is 1. The molecule has 3 saturated carbocycles. The molecule has 1 aromatic heterocycles. The lowest BCUT2D eigenvalue weighted by Crippen LogP contribution is -2.68. The van der Waals surface area contributed by atoms with E-state index in [1.165, 1.54) is 0 Å². The summed E-state index contributed by atoms with van der Waals surface area (Å²) in [7, 11) is 1.88. The van der Waals surface area contributed by atoms with Crippen molar-refractivity contribution in [1.29, 1.82) is 0 Å². The fraction of sp³-hybridized carbons (Fsp3) is 0.429. The van der Waals surface area contributed by atoms with E-state index in [1.54, 1.807) is 0 Å². The monoisotopic (exact) mass is 276 g/mol. The minimum Gasteiger partial charge on any atom is -0.340 e. The zero-order valence-corrected chi connectivity index (χ0v) is 11.4. The van der Waals surface area contributed by atoms with Crippen LogP contribution < -0.4 is 9.88 Å². The summed E-state index contributed by atoms with van der Waals surface area (Å²) < 4.78 is 1.86. The minimum atomic E-state index is -0.0343. The Morgan fingerprint density at radius 1 is 1.47 bits per heavy atom. The van der Waals surface area contributed by atoms with Crippen molar-refractivity contribution in [3.8, 4) is 0 Å². The van der Waals surface area contributed by atoms with Gasteiger partial charge in [0.05, 0.1) is 12.1 Å². The molecule has 5 rings (SSSR count). The molecule has 0 aliphatic heterocycles. The van der Waals surface area contributed by atoms with Gasteiger partial charge in [-0.05, 0) is 37.3 Å². The summed E-state index contributed by atoms with van der Waals surface area (Å²) >= 11 is 6.15. The largest absolute Gasteiger partial charge is 0.346 e. The summed E-state index contributed by atoms with van der Waals surface area (Å²) in [6, 6.07) is 5.67. The SMILES string of the molecule is C[n+]1c(C(=O)NC23CC(C2)C3)[nH]c2c(Cl)cccc21. The molecule has 2 N–H and O–H groups in total. The Morgan fingerprint density at radius 2 is 2.21 bits per heavy atom. The predicted octanol–water partition coefficient (Wildman–Crippen LogP) is 1.93. The third-order valence-electron chi connectivity index (χ3n) is 4.56. The topological polar surface area (TPSA) is 48.8 Å². The molecule has 5 heteroatoms. The van der Waals surface area contributed by atoms with E-state index in [9.17, 15) is 4.79 Å². The van der Waals surface area contributed by atoms with E-state index < -0.39 is 0 Å². The van der Waals surface area contributed by atoms with E-state index in [0.717, 1.165) is 36.2 Å². The number of halogens is 1. The molecule has 0 radical (unpaired) electrons. The van der Waals surface area contributed by atoms with Crippen molar-refractivity contribution in [3.63, 3.8) is 0 Å². The summed E-state index contributed by atoms with van der Waals surface area (Å²) in [5.74, 6) is 1.38. The predicted molar refractivity (Wildman–Crippen MR) is 72.0 cm³/mol. The maximum Gasteiger partial charge on any atom is 0.346 e. The second-order valence-corrected chi connectivity index (χ2v) is 6.29. The van der Waals surface area contributed by atoms with Crippen LogP contribution in [0.5, 0.6) is 0 Å². The highest BCUT2D eigenvalue weighted by molar-refractivity contribution is 6.34. The standard InChI is InChI=1S/C14H14ClN3O/c1-18-10-4-2-3-9(15)11(10)16-12(18)13(19)17-14-5-8(6-14)7-14/h2-4,8H,5-7H2,1H3,(H,17,19)/p+1. The third-order valence-corrected chi connectivity index (χ3v) is 4.88. The zero-order chi connectivity index (χ0) is 13.2. The van der Waals surface area contributed by atoms with Crippen LogP contribution in [0, 0.1) is 5.92 Å². The lowest BCUT2D eigenvalue weighted by Gasteiger charge is -2.61. The van der Waals surface area contributed by atoms with Gasteiger partial charge in [-0.15, -0.1) is 0 Å². The van der Waals surface area contributed by atoms with E-state index in [4.69, 9.17) is 11.6 Å². The summed E-state index contributed by atoms with van der Waals surface area (Å²) in [6.07, 6.45) is 3.43. The van der Waals surface area contributed by atoms with Crippen LogP contribution in [-0.2, 0) is 7.05 Å². The molecular weight excluding hydrogens is 262 g/mol. The van der Waals surface area contributed by atoms with Crippen LogP contribution in [0.1, 0.15) is 29.9 Å². The number of para-hydroxylation sites is 1. The molecular formula is C14H15ClN3O+. The van der Waals surface area contributed by atoms with Crippen molar-refractivity contribution in [3.05, 3.63) is 29.0 Å². The first-order chi connectivity index (χ1) is 9.08. The average Bonchev–Trinajstić information content (AvgIpc) is 2.62. The average molecular weight is 277 g/mol. The molecule has 4 nitrogen and oxygen atoms in total. The maximum atomic E-state index is 12.4. The summed E-state index contributed by atoms with van der Waals surface area (Å²) in [5.41, 5.74) is 1.85. The lowest BCUT2D eigenvalue weighted by molar-refractivity contribution is -0.646. The normalized spacial score (nSPS) is 27.8. The second kappa shape index (κ2) is 3.51. The van der Waals surface area contributed by atoms with Gasteiger partial charge >= 0.3 is 11.7 Å². The highest BCUT2D eigenvalue weighted by Crippen LogP contribution is 2.56. The van der Waals surface area contributed by atoms with Crippen molar-refractivity contribution in [2.24, 2.45) is 13.0 Å². The minimum absolute atomic E-state index is 0.0343. The number of H-pyrrole nitrogens is 1. The van der Waals surface area contributed by atoms with Crippen LogP contribution in [0.2, 0.25) is 5.02 Å². The first-order valence-corrected chi connectivity index (χ1v) is 6.94. The number of aryl methyl sites for hydroxylation is 1. The molecule has 1 heterocycles. The fourth-order valence-corrected chi connectivity index (χ4v) is 3.60. The molecule has 0 spiro atoms. The number of nitrogens with zero attached hydrogens (tertiary/aromatic N) is 1. The Labute approximate surface area is 115 Å². The number of aromatic nitrogens is 2. The van der Waals surface area contributed by atoms with Crippen molar-refractivity contribution < 1.29 is 9.36 Å². The molecule has 0 atom stereocenters. The van der Waals surface area contributed by atoms with Crippen molar-refractivity contribution >= 4 is 28.5 Å². The molecule has 2 bridgehead atoms. The van der Waals surface area contributed by atoms with Gasteiger partial charge in [0.2, 0.25) is 0 Å². The third kappa shape index (κ3) is 1.46. The number of carbonyl (C=O) groups is 1. The van der Waals surface area contributed by atoms with E-state index in [2.05, 4.69) is 10.3 Å². The number of fused-ring (bicyclic) bond motifs is 1. The Bertz CT molecular complexity index is 689. The van der Waals surface area contributed by atoms with Crippen LogP contribution >= 0.6 is 11.6 Å². The number of aromatic amines is 1. The second-order valence-electron chi connectivity index (χ2n) is 5.88. The van der Waals surface area contributed by atoms with Crippen LogP contribution in [-0.4, -0.2) is 16.4 Å². The van der Waals surface area contributed by atoms with Gasteiger partial charge in [0, 0.05) is 5.54 Å². The highest BCUT2D eigenvalue weighted by atomic mass is 35.5. The van der Waals surface area contributed by atoms with E-state index >= 15 is 0 Å². The fourth-order valence-electron chi connectivity index (χ4n) is 3.38. The molecule has 1 amide bonds. The Morgan fingerprint density at radius 3 is 2.79 bits per heavy atom. The van der Waals surface area contributed by atoms with Gasteiger partial charge in [-0.25, -0.2) is 9.55 Å². The first-order valence-electron chi connectivity index (χ1n) is 6.57. The highest BCUT2D eigenvalue weighted by Gasteiger charge is 2.57. The Hall–Kier alpha value is -1.55. The van der Waals surface area contributed by atoms with E-state index in [-0.39, 0.29) is 11.4 Å². The van der Waals surface area contributed by atoms with Gasteiger partial charge in [-0.1, -0.05) is 17.7 Å². The van der Waals surface area contributed by atoms with Crippen molar-refractivity contribution in [2.75, 3.05) is 0 Å². The van der Waals surface area contributed by atoms with Gasteiger partial charge < -0.3 is 5.32 Å². The number of nitrogens with one attached hydrogen (secondary N) is 2. The van der Waals surface area contributed by atoms with Crippen molar-refractivity contribution in [1.82, 2.24) is 10.3 Å². The molecule has 3 fully saturated rings. The van der Waals surface area contributed by atoms with Gasteiger partial charge in [0.15, 0.2) is 11.0 Å². The Balaban J connectivity index is 1.72. The number of hydrogen-bond donors (Lipinski definition) is 2. The molecule has 3 aliphatic carbocycles. The quantitative estimate of drug-likeness (QED) is 0.809. The maximum absolute atomic E-state index is 12.4. The number of rotatable bonds is 2. The molecule has 2 aromatic rings. The molecule has 98 valence electrons. The number of carbonyl (C=O) groups excluding carboxylic acids is 1. The summed E-state index contributed by atoms with van der Waals surface area (Å²) in [6.45, 7) is 0. The molecule has 19 heavy (non-hydrogen) atoms. The van der Waals surface area contributed by atoms with E-state index in [1.807, 2.05) is 29.8 Å². The Kier molecular flexibility index (Phi) is 2.09. The van der Waals surface area contributed by atoms with Gasteiger partial charge in [0.25, 0.3) is 0 Å². The van der Waals surface area contributed by atoms with Crippen molar-refractivity contribution in [2.45, 2.75) is 24.8 Å². The van der Waals surface area contributed by atoms with Gasteiger partial charge in [-0.3, -0.25) is 4.79 Å². The lowest BCUT2D eigenvalue weighted by atomic mass is 9.50. The molecule has 0 unspecified atom stereocenters. The molecule has 3 aliphatic rings. The first kappa shape index (κ1) is 11.3. The number of hydrogen-bond acceptors (Lipinski definition) is 1. The number of imidazole rings is 1. The van der Waals surface area contributed by atoms with Crippen LogP contribution in [0.25, 0.3) is 11.0 Å². The molecule has 0 saturated heterocycles.